The molecule has 17 heavy (non-hydrogen) atoms. The molecule has 102 valence electrons. The van der Waals surface area contributed by atoms with Crippen molar-refractivity contribution in [3.63, 3.8) is 0 Å². The number of unbranched alkanes of at least 4 members (excludes halogenated alkanes) is 1. The first-order valence-corrected chi connectivity index (χ1v) is 8.35. The summed E-state index contributed by atoms with van der Waals surface area (Å²) < 4.78 is 16.2. The van der Waals surface area contributed by atoms with Crippen LogP contribution in [0.1, 0.15) is 19.8 Å². The third-order valence-electron chi connectivity index (χ3n) is 2.02. The van der Waals surface area contributed by atoms with E-state index in [2.05, 4.69) is 0 Å². The Morgan fingerprint density at radius 2 is 2.29 bits per heavy atom. The SMILES string of the molecule is CCCCOC(=O)C(O)[C@H](N)C[S+]([O-])CSC. The van der Waals surface area contributed by atoms with Crippen molar-refractivity contribution >= 4 is 28.9 Å². The quantitative estimate of drug-likeness (QED) is 0.354. The van der Waals surface area contributed by atoms with Crippen LogP contribution < -0.4 is 5.73 Å². The predicted octanol–water partition coefficient (Wildman–Crippen LogP) is 0.0871. The molecule has 0 aromatic heterocycles. The summed E-state index contributed by atoms with van der Waals surface area (Å²) in [5, 5.41) is 10.0. The number of hydrogen-bond acceptors (Lipinski definition) is 6. The van der Waals surface area contributed by atoms with Gasteiger partial charge in [-0.15, -0.1) is 11.8 Å². The second-order valence-corrected chi connectivity index (χ2v) is 6.38. The maximum absolute atomic E-state index is 11.4. The Hall–Kier alpha value is 0.0500. The van der Waals surface area contributed by atoms with Crippen LogP contribution in [0.5, 0.6) is 0 Å². The van der Waals surface area contributed by atoms with E-state index in [1.807, 2.05) is 13.2 Å². The molecule has 0 aromatic rings. The van der Waals surface area contributed by atoms with Crippen molar-refractivity contribution in [3.8, 4) is 0 Å². The molecule has 7 heteroatoms. The second-order valence-electron chi connectivity index (χ2n) is 3.64. The van der Waals surface area contributed by atoms with Gasteiger partial charge in [0.15, 0.2) is 11.2 Å². The van der Waals surface area contributed by atoms with Gasteiger partial charge in [-0.2, -0.15) is 0 Å². The van der Waals surface area contributed by atoms with Crippen molar-refractivity contribution in [2.45, 2.75) is 31.9 Å². The number of ether oxygens (including phenoxy) is 1. The van der Waals surface area contributed by atoms with Crippen LogP contribution in [0.4, 0.5) is 0 Å². The first-order chi connectivity index (χ1) is 8.02. The van der Waals surface area contributed by atoms with E-state index in [1.54, 1.807) is 0 Å². The normalized spacial score (nSPS) is 16.3. The van der Waals surface area contributed by atoms with Gasteiger partial charge in [-0.25, -0.2) is 4.79 Å². The second kappa shape index (κ2) is 10.0. The van der Waals surface area contributed by atoms with E-state index in [4.69, 9.17) is 10.5 Å². The van der Waals surface area contributed by atoms with Gasteiger partial charge in [0, 0.05) is 0 Å². The lowest BCUT2D eigenvalue weighted by atomic mass is 10.2. The Bertz CT molecular complexity index is 218. The maximum Gasteiger partial charge on any atom is 0.336 e. The molecule has 0 amide bonds. The Labute approximate surface area is 110 Å². The number of hydrogen-bond donors (Lipinski definition) is 2. The Balaban J connectivity index is 3.93. The Kier molecular flexibility index (Phi) is 10.0. The van der Waals surface area contributed by atoms with Crippen LogP contribution >= 0.6 is 11.8 Å². The molecule has 0 aromatic carbocycles. The minimum absolute atomic E-state index is 0.102. The topological polar surface area (TPSA) is 95.6 Å². The molecular weight excluding hydrogens is 262 g/mol. The zero-order chi connectivity index (χ0) is 13.3. The van der Waals surface area contributed by atoms with Crippen molar-refractivity contribution in [1.29, 1.82) is 0 Å². The molecule has 2 unspecified atom stereocenters. The zero-order valence-corrected chi connectivity index (χ0v) is 11.9. The van der Waals surface area contributed by atoms with Crippen molar-refractivity contribution in [3.05, 3.63) is 0 Å². The van der Waals surface area contributed by atoms with Gasteiger partial charge in [-0.1, -0.05) is 13.3 Å². The first kappa shape index (κ1) is 17.1. The number of aliphatic hydroxyl groups excluding tert-OH is 1. The predicted molar refractivity (Wildman–Crippen MR) is 71.2 cm³/mol. The molecule has 0 heterocycles. The summed E-state index contributed by atoms with van der Waals surface area (Å²) in [4.78, 5) is 11.3. The van der Waals surface area contributed by atoms with Gasteiger partial charge >= 0.3 is 5.97 Å². The average molecular weight is 283 g/mol. The molecule has 0 aliphatic carbocycles. The fourth-order valence-electron chi connectivity index (χ4n) is 1.06. The lowest BCUT2D eigenvalue weighted by molar-refractivity contribution is -0.154. The molecular formula is C10H21NO4S2. The monoisotopic (exact) mass is 283 g/mol. The molecule has 0 bridgehead atoms. The fraction of sp³-hybridized carbons (Fsp3) is 0.900. The third kappa shape index (κ3) is 7.88. The summed E-state index contributed by atoms with van der Waals surface area (Å²) in [7, 11) is 0. The van der Waals surface area contributed by atoms with E-state index >= 15 is 0 Å². The maximum atomic E-state index is 11.4. The number of rotatable bonds is 9. The highest BCUT2D eigenvalue weighted by molar-refractivity contribution is 8.12. The molecule has 0 fully saturated rings. The van der Waals surface area contributed by atoms with Crippen LogP contribution in [0.25, 0.3) is 0 Å². The van der Waals surface area contributed by atoms with E-state index < -0.39 is 29.3 Å². The highest BCUT2D eigenvalue weighted by atomic mass is 32.3. The van der Waals surface area contributed by atoms with Gasteiger partial charge in [-0.05, 0) is 23.9 Å². The fourth-order valence-corrected chi connectivity index (χ4v) is 3.11. The third-order valence-corrected chi connectivity index (χ3v) is 4.77. The van der Waals surface area contributed by atoms with Gasteiger partial charge in [0.25, 0.3) is 0 Å². The summed E-state index contributed by atoms with van der Waals surface area (Å²) in [5.41, 5.74) is 5.60. The summed E-state index contributed by atoms with van der Waals surface area (Å²) in [6.45, 7) is 2.26. The largest absolute Gasteiger partial charge is 0.616 e. The van der Waals surface area contributed by atoms with Crippen LogP contribution in [-0.4, -0.2) is 51.5 Å². The minimum atomic E-state index is -1.39. The molecule has 0 rings (SSSR count). The highest BCUT2D eigenvalue weighted by Gasteiger charge is 2.28. The molecule has 0 saturated carbocycles. The number of carbonyl (C=O) groups is 1. The van der Waals surface area contributed by atoms with Gasteiger partial charge in [0.1, 0.15) is 5.75 Å². The van der Waals surface area contributed by atoms with Gasteiger partial charge in [-0.3, -0.25) is 0 Å². The summed E-state index contributed by atoms with van der Waals surface area (Å²) in [6.07, 6.45) is 2.11. The highest BCUT2D eigenvalue weighted by Crippen LogP contribution is 2.05. The van der Waals surface area contributed by atoms with Crippen LogP contribution in [-0.2, 0) is 20.7 Å². The molecule has 0 saturated heterocycles. The summed E-state index contributed by atoms with van der Waals surface area (Å²) in [5.74, 6) is -0.627. The van der Waals surface area contributed by atoms with Crippen molar-refractivity contribution in [2.75, 3.05) is 23.7 Å². The van der Waals surface area contributed by atoms with Crippen LogP contribution in [0.15, 0.2) is 0 Å². The molecule has 3 atom stereocenters. The van der Waals surface area contributed by atoms with Crippen LogP contribution in [0.2, 0.25) is 0 Å². The molecule has 0 aliphatic rings. The number of thioether (sulfide) groups is 1. The van der Waals surface area contributed by atoms with Gasteiger partial charge in [0.2, 0.25) is 0 Å². The first-order valence-electron chi connectivity index (χ1n) is 5.47. The van der Waals surface area contributed by atoms with E-state index in [9.17, 15) is 14.5 Å². The van der Waals surface area contributed by atoms with Crippen LogP contribution in [0, 0.1) is 0 Å². The van der Waals surface area contributed by atoms with E-state index in [-0.39, 0.29) is 12.4 Å². The Morgan fingerprint density at radius 3 is 2.82 bits per heavy atom. The molecule has 0 spiro atoms. The number of nitrogens with two attached hydrogens (primary N) is 1. The molecule has 3 N–H and O–H groups in total. The van der Waals surface area contributed by atoms with E-state index in [0.29, 0.717) is 5.08 Å². The van der Waals surface area contributed by atoms with Crippen molar-refractivity contribution in [1.82, 2.24) is 0 Å². The standard InChI is InChI=1S/C10H21NO4S2/c1-3-4-5-15-10(13)9(12)8(11)6-17(14)7-16-2/h8-9,12H,3-7,11H2,1-2H3/t8-,9?,17?/m1/s1. The van der Waals surface area contributed by atoms with Gasteiger partial charge in [0.05, 0.1) is 12.6 Å². The van der Waals surface area contributed by atoms with Crippen LogP contribution in [0.3, 0.4) is 0 Å². The lowest BCUT2D eigenvalue weighted by Gasteiger charge is -2.19. The van der Waals surface area contributed by atoms with Gasteiger partial charge < -0.3 is 20.1 Å². The summed E-state index contributed by atoms with van der Waals surface area (Å²) in [6, 6.07) is -0.836. The number of aliphatic hydroxyl groups is 1. The molecule has 0 radical (unpaired) electrons. The lowest BCUT2D eigenvalue weighted by Crippen LogP contribution is -2.46. The average Bonchev–Trinajstić information content (AvgIpc) is 2.28. The summed E-state index contributed by atoms with van der Waals surface area (Å²) >= 11 is 0.311. The van der Waals surface area contributed by atoms with E-state index in [1.165, 1.54) is 11.8 Å². The smallest absolute Gasteiger partial charge is 0.336 e. The molecule has 0 aliphatic heterocycles. The minimum Gasteiger partial charge on any atom is -0.616 e. The van der Waals surface area contributed by atoms with E-state index in [0.717, 1.165) is 12.8 Å². The number of carbonyl (C=O) groups excluding carboxylic acids is 1. The van der Waals surface area contributed by atoms with Crippen molar-refractivity contribution in [2.24, 2.45) is 5.73 Å². The number of esters is 1. The molecule has 5 nitrogen and oxygen atoms in total. The zero-order valence-electron chi connectivity index (χ0n) is 10.3. The van der Waals surface area contributed by atoms with Crippen molar-refractivity contribution < 1.29 is 19.2 Å². The Morgan fingerprint density at radius 1 is 1.65 bits per heavy atom.